The fourth-order valence-corrected chi connectivity index (χ4v) is 2.23. The number of rotatable bonds is 5. The summed E-state index contributed by atoms with van der Waals surface area (Å²) in [5.41, 5.74) is 0.511. The van der Waals surface area contributed by atoms with E-state index < -0.39 is 0 Å². The largest absolute Gasteiger partial charge is 0.456 e. The van der Waals surface area contributed by atoms with E-state index in [0.717, 1.165) is 5.76 Å². The van der Waals surface area contributed by atoms with Crippen LogP contribution in [0.4, 0.5) is 5.69 Å². The Balaban J connectivity index is 1.95. The highest BCUT2D eigenvalue weighted by atomic mass is 35.5. The second-order valence-electron chi connectivity index (χ2n) is 4.96. The SMILES string of the molecule is CCc1ccc(C(=O)N(C)CC(=O)Nc2ccc(Cl)c(Cl)c2)o1. The van der Waals surface area contributed by atoms with Crippen LogP contribution < -0.4 is 5.32 Å². The van der Waals surface area contributed by atoms with Crippen LogP contribution in [0.3, 0.4) is 0 Å². The summed E-state index contributed by atoms with van der Waals surface area (Å²) < 4.78 is 5.39. The van der Waals surface area contributed by atoms with E-state index in [2.05, 4.69) is 5.32 Å². The first kappa shape index (κ1) is 17.4. The molecule has 0 spiro atoms. The molecule has 0 atom stereocenters. The van der Waals surface area contributed by atoms with Crippen molar-refractivity contribution in [2.45, 2.75) is 13.3 Å². The summed E-state index contributed by atoms with van der Waals surface area (Å²) in [5, 5.41) is 3.41. The molecule has 1 N–H and O–H groups in total. The third kappa shape index (κ3) is 4.50. The monoisotopic (exact) mass is 354 g/mol. The molecule has 0 aliphatic heterocycles. The van der Waals surface area contributed by atoms with Crippen LogP contribution in [0, 0.1) is 0 Å². The Morgan fingerprint density at radius 1 is 1.17 bits per heavy atom. The van der Waals surface area contributed by atoms with Crippen molar-refractivity contribution in [2.75, 3.05) is 18.9 Å². The fourth-order valence-electron chi connectivity index (χ4n) is 1.93. The molecule has 0 saturated heterocycles. The number of aryl methyl sites for hydroxylation is 1. The van der Waals surface area contributed by atoms with Crippen LogP contribution in [-0.4, -0.2) is 30.3 Å². The number of amides is 2. The molecule has 0 aliphatic rings. The molecule has 0 bridgehead atoms. The number of halogens is 2. The summed E-state index contributed by atoms with van der Waals surface area (Å²) in [6.45, 7) is 1.82. The maximum atomic E-state index is 12.2. The minimum atomic E-state index is -0.353. The number of nitrogens with zero attached hydrogens (tertiary/aromatic N) is 1. The Labute approximate surface area is 144 Å². The van der Waals surface area contributed by atoms with Gasteiger partial charge < -0.3 is 14.6 Å². The molecule has 2 aromatic rings. The molecule has 23 heavy (non-hydrogen) atoms. The Hall–Kier alpha value is -1.98. The fraction of sp³-hybridized carbons (Fsp3) is 0.250. The van der Waals surface area contributed by atoms with Crippen molar-refractivity contribution < 1.29 is 14.0 Å². The zero-order valence-corrected chi connectivity index (χ0v) is 14.2. The van der Waals surface area contributed by atoms with Crippen molar-refractivity contribution in [1.82, 2.24) is 4.90 Å². The van der Waals surface area contributed by atoms with E-state index in [1.54, 1.807) is 30.3 Å². The van der Waals surface area contributed by atoms with Crippen LogP contribution in [0.15, 0.2) is 34.7 Å². The maximum absolute atomic E-state index is 12.2. The number of furan rings is 1. The molecule has 122 valence electrons. The minimum Gasteiger partial charge on any atom is -0.456 e. The molecule has 1 aromatic carbocycles. The third-order valence-corrected chi connectivity index (χ3v) is 3.89. The van der Waals surface area contributed by atoms with Crippen molar-refractivity contribution >= 4 is 40.7 Å². The molecular weight excluding hydrogens is 339 g/mol. The summed E-state index contributed by atoms with van der Waals surface area (Å²) in [6.07, 6.45) is 0.703. The summed E-state index contributed by atoms with van der Waals surface area (Å²) in [4.78, 5) is 25.5. The number of likely N-dealkylation sites (N-methyl/N-ethyl adjacent to an activating group) is 1. The van der Waals surface area contributed by atoms with Gasteiger partial charge in [-0.2, -0.15) is 0 Å². The first-order chi connectivity index (χ1) is 10.9. The smallest absolute Gasteiger partial charge is 0.289 e. The number of carbonyl (C=O) groups is 2. The molecule has 0 aliphatic carbocycles. The van der Waals surface area contributed by atoms with Crippen molar-refractivity contribution in [3.8, 4) is 0 Å². The average molecular weight is 355 g/mol. The Morgan fingerprint density at radius 3 is 2.52 bits per heavy atom. The molecule has 5 nitrogen and oxygen atoms in total. The average Bonchev–Trinajstić information content (AvgIpc) is 2.99. The third-order valence-electron chi connectivity index (χ3n) is 3.15. The van der Waals surface area contributed by atoms with Crippen LogP contribution in [0.25, 0.3) is 0 Å². The van der Waals surface area contributed by atoms with Crippen LogP contribution >= 0.6 is 23.2 Å². The quantitative estimate of drug-likeness (QED) is 0.886. The van der Waals surface area contributed by atoms with Gasteiger partial charge in [0.1, 0.15) is 5.76 Å². The number of nitrogens with one attached hydrogen (secondary N) is 1. The zero-order chi connectivity index (χ0) is 17.0. The van der Waals surface area contributed by atoms with Gasteiger partial charge >= 0.3 is 0 Å². The molecule has 1 heterocycles. The molecular formula is C16H16Cl2N2O3. The van der Waals surface area contributed by atoms with Gasteiger partial charge in [-0.15, -0.1) is 0 Å². The normalized spacial score (nSPS) is 10.4. The van der Waals surface area contributed by atoms with Gasteiger partial charge in [0.25, 0.3) is 5.91 Å². The number of carbonyl (C=O) groups excluding carboxylic acids is 2. The van der Waals surface area contributed by atoms with Gasteiger partial charge in [0.2, 0.25) is 5.91 Å². The summed E-state index contributed by atoms with van der Waals surface area (Å²) in [5.74, 6) is 0.240. The van der Waals surface area contributed by atoms with E-state index in [4.69, 9.17) is 27.6 Å². The number of hydrogen-bond acceptors (Lipinski definition) is 3. The second kappa shape index (κ2) is 7.53. The standard InChI is InChI=1S/C16H16Cl2N2O3/c1-3-11-5-7-14(23-11)16(22)20(2)9-15(21)19-10-4-6-12(17)13(18)8-10/h4-8H,3,9H2,1-2H3,(H,19,21). The highest BCUT2D eigenvalue weighted by molar-refractivity contribution is 6.42. The van der Waals surface area contributed by atoms with E-state index in [1.165, 1.54) is 11.9 Å². The second-order valence-corrected chi connectivity index (χ2v) is 5.77. The molecule has 0 radical (unpaired) electrons. The van der Waals surface area contributed by atoms with Crippen molar-refractivity contribution in [3.63, 3.8) is 0 Å². The summed E-state index contributed by atoms with van der Waals surface area (Å²) >= 11 is 11.7. The first-order valence-electron chi connectivity index (χ1n) is 6.99. The highest BCUT2D eigenvalue weighted by Gasteiger charge is 2.18. The zero-order valence-electron chi connectivity index (χ0n) is 12.7. The maximum Gasteiger partial charge on any atom is 0.289 e. The lowest BCUT2D eigenvalue weighted by Gasteiger charge is -2.15. The topological polar surface area (TPSA) is 62.6 Å². The molecule has 2 rings (SSSR count). The van der Waals surface area contributed by atoms with Gasteiger partial charge in [0.15, 0.2) is 5.76 Å². The number of benzene rings is 1. The first-order valence-corrected chi connectivity index (χ1v) is 7.75. The van der Waals surface area contributed by atoms with E-state index in [0.29, 0.717) is 22.2 Å². The van der Waals surface area contributed by atoms with E-state index in [-0.39, 0.29) is 24.1 Å². The van der Waals surface area contributed by atoms with Crippen LogP contribution in [-0.2, 0) is 11.2 Å². The lowest BCUT2D eigenvalue weighted by Crippen LogP contribution is -2.34. The van der Waals surface area contributed by atoms with Gasteiger partial charge in [-0.1, -0.05) is 30.1 Å². The lowest BCUT2D eigenvalue weighted by atomic mass is 10.3. The Bertz CT molecular complexity index is 728. The summed E-state index contributed by atoms with van der Waals surface area (Å²) in [7, 11) is 1.53. The van der Waals surface area contributed by atoms with Crippen LogP contribution in [0.5, 0.6) is 0 Å². The van der Waals surface area contributed by atoms with Crippen LogP contribution in [0.1, 0.15) is 23.2 Å². The van der Waals surface area contributed by atoms with Crippen molar-refractivity contribution in [1.29, 1.82) is 0 Å². The van der Waals surface area contributed by atoms with Gasteiger partial charge in [0.05, 0.1) is 16.6 Å². The molecule has 0 fully saturated rings. The molecule has 0 unspecified atom stereocenters. The predicted molar refractivity (Wildman–Crippen MR) is 90.1 cm³/mol. The Kier molecular flexibility index (Phi) is 5.69. The number of anilines is 1. The minimum absolute atomic E-state index is 0.110. The highest BCUT2D eigenvalue weighted by Crippen LogP contribution is 2.24. The van der Waals surface area contributed by atoms with Crippen molar-refractivity contribution in [2.24, 2.45) is 0 Å². The van der Waals surface area contributed by atoms with Crippen molar-refractivity contribution in [3.05, 3.63) is 51.9 Å². The molecule has 7 heteroatoms. The lowest BCUT2D eigenvalue weighted by molar-refractivity contribution is -0.116. The van der Waals surface area contributed by atoms with E-state index in [1.807, 2.05) is 6.92 Å². The molecule has 2 amide bonds. The van der Waals surface area contributed by atoms with Crippen LogP contribution in [0.2, 0.25) is 10.0 Å². The van der Waals surface area contributed by atoms with Gasteiger partial charge in [-0.25, -0.2) is 0 Å². The Morgan fingerprint density at radius 2 is 1.91 bits per heavy atom. The summed E-state index contributed by atoms with van der Waals surface area (Å²) in [6, 6.07) is 8.12. The van der Waals surface area contributed by atoms with E-state index in [9.17, 15) is 9.59 Å². The van der Waals surface area contributed by atoms with Gasteiger partial charge in [-0.05, 0) is 30.3 Å². The molecule has 0 saturated carbocycles. The van der Waals surface area contributed by atoms with E-state index >= 15 is 0 Å². The predicted octanol–water partition coefficient (Wildman–Crippen LogP) is 3.86. The molecule has 1 aromatic heterocycles. The van der Waals surface area contributed by atoms with Gasteiger partial charge in [0, 0.05) is 19.2 Å². The van der Waals surface area contributed by atoms with Gasteiger partial charge in [-0.3, -0.25) is 9.59 Å². The number of hydrogen-bond donors (Lipinski definition) is 1.